The molecule has 2 saturated heterocycles. The minimum Gasteiger partial charge on any atom is -0.340 e. The van der Waals surface area contributed by atoms with Crippen LogP contribution in [0.2, 0.25) is 0 Å². The SMILES string of the molecule is Cc1cc(C)nc(N2CCC3C(C2)CN3CCC(C)C)n1. The fraction of sp³-hybridized carbons (Fsp3) is 0.765. The molecule has 4 nitrogen and oxygen atoms in total. The molecule has 1 aromatic heterocycles. The second-order valence-electron chi connectivity index (χ2n) is 7.19. The van der Waals surface area contributed by atoms with Crippen molar-refractivity contribution in [1.29, 1.82) is 0 Å². The van der Waals surface area contributed by atoms with Gasteiger partial charge >= 0.3 is 0 Å². The van der Waals surface area contributed by atoms with Gasteiger partial charge in [0.1, 0.15) is 0 Å². The number of anilines is 1. The third kappa shape index (κ3) is 3.20. The highest BCUT2D eigenvalue weighted by molar-refractivity contribution is 5.34. The van der Waals surface area contributed by atoms with Gasteiger partial charge in [0.2, 0.25) is 5.95 Å². The lowest BCUT2D eigenvalue weighted by Gasteiger charge is -2.53. The second kappa shape index (κ2) is 5.91. The summed E-state index contributed by atoms with van der Waals surface area (Å²) in [6, 6.07) is 2.86. The fourth-order valence-corrected chi connectivity index (χ4v) is 3.69. The molecule has 21 heavy (non-hydrogen) atoms. The number of fused-ring (bicyclic) bond motifs is 1. The molecule has 4 heteroatoms. The Morgan fingerprint density at radius 1 is 1.19 bits per heavy atom. The first-order valence-electron chi connectivity index (χ1n) is 8.34. The monoisotopic (exact) mass is 288 g/mol. The van der Waals surface area contributed by atoms with Crippen LogP contribution in [0.4, 0.5) is 5.95 Å². The maximum atomic E-state index is 4.62. The first-order chi connectivity index (χ1) is 10.0. The van der Waals surface area contributed by atoms with Gasteiger partial charge in [-0.05, 0) is 45.2 Å². The molecule has 2 unspecified atom stereocenters. The molecule has 2 aliphatic heterocycles. The van der Waals surface area contributed by atoms with E-state index in [0.717, 1.165) is 48.3 Å². The predicted molar refractivity (Wildman–Crippen MR) is 86.6 cm³/mol. The van der Waals surface area contributed by atoms with Crippen LogP contribution in [0.3, 0.4) is 0 Å². The summed E-state index contributed by atoms with van der Waals surface area (Å²) in [6.07, 6.45) is 2.59. The molecule has 2 atom stereocenters. The molecular formula is C17H28N4. The summed E-state index contributed by atoms with van der Waals surface area (Å²) >= 11 is 0. The number of rotatable bonds is 4. The largest absolute Gasteiger partial charge is 0.340 e. The van der Waals surface area contributed by atoms with Crippen LogP contribution in [-0.2, 0) is 0 Å². The Morgan fingerprint density at radius 2 is 1.90 bits per heavy atom. The maximum Gasteiger partial charge on any atom is 0.225 e. The Hall–Kier alpha value is -1.16. The van der Waals surface area contributed by atoms with E-state index in [0.29, 0.717) is 0 Å². The average Bonchev–Trinajstić information content (AvgIpc) is 2.38. The van der Waals surface area contributed by atoms with E-state index in [-0.39, 0.29) is 0 Å². The lowest BCUT2D eigenvalue weighted by molar-refractivity contribution is -0.00105. The molecule has 0 radical (unpaired) electrons. The van der Waals surface area contributed by atoms with Crippen LogP contribution in [0.1, 0.15) is 38.1 Å². The van der Waals surface area contributed by atoms with Gasteiger partial charge in [-0.1, -0.05) is 13.8 Å². The van der Waals surface area contributed by atoms with Crippen molar-refractivity contribution >= 4 is 5.95 Å². The Kier molecular flexibility index (Phi) is 4.16. The van der Waals surface area contributed by atoms with E-state index >= 15 is 0 Å². The number of aryl methyl sites for hydroxylation is 2. The Morgan fingerprint density at radius 3 is 2.52 bits per heavy atom. The quantitative estimate of drug-likeness (QED) is 0.852. The molecule has 0 amide bonds. The molecule has 0 aliphatic carbocycles. The minimum absolute atomic E-state index is 0.811. The van der Waals surface area contributed by atoms with Gasteiger partial charge in [0.05, 0.1) is 0 Å². The Labute approximate surface area is 128 Å². The molecule has 0 aromatic carbocycles. The predicted octanol–water partition coefficient (Wildman–Crippen LogP) is 2.65. The van der Waals surface area contributed by atoms with E-state index in [1.165, 1.54) is 25.9 Å². The smallest absolute Gasteiger partial charge is 0.225 e. The number of hydrogen-bond acceptors (Lipinski definition) is 4. The topological polar surface area (TPSA) is 32.3 Å². The Balaban J connectivity index is 1.58. The zero-order valence-electron chi connectivity index (χ0n) is 13.8. The van der Waals surface area contributed by atoms with Crippen molar-refractivity contribution in [2.45, 2.75) is 46.6 Å². The van der Waals surface area contributed by atoms with E-state index in [1.807, 2.05) is 6.07 Å². The summed E-state index contributed by atoms with van der Waals surface area (Å²) in [6.45, 7) is 13.5. The van der Waals surface area contributed by atoms with Crippen molar-refractivity contribution in [3.63, 3.8) is 0 Å². The van der Waals surface area contributed by atoms with Gasteiger partial charge < -0.3 is 4.90 Å². The molecule has 3 rings (SSSR count). The van der Waals surface area contributed by atoms with Gasteiger partial charge in [0.25, 0.3) is 0 Å². The van der Waals surface area contributed by atoms with Crippen molar-refractivity contribution in [2.75, 3.05) is 31.1 Å². The van der Waals surface area contributed by atoms with Crippen LogP contribution < -0.4 is 4.90 Å². The lowest BCUT2D eigenvalue weighted by Crippen LogP contribution is -2.63. The lowest BCUT2D eigenvalue weighted by atomic mass is 9.82. The summed E-state index contributed by atoms with van der Waals surface area (Å²) in [4.78, 5) is 14.3. The summed E-state index contributed by atoms with van der Waals surface area (Å²) in [7, 11) is 0. The van der Waals surface area contributed by atoms with Gasteiger partial charge in [-0.25, -0.2) is 9.97 Å². The fourth-order valence-electron chi connectivity index (χ4n) is 3.69. The van der Waals surface area contributed by atoms with Gasteiger partial charge in [0, 0.05) is 43.0 Å². The minimum atomic E-state index is 0.811. The molecule has 116 valence electrons. The molecule has 3 heterocycles. The molecule has 2 fully saturated rings. The maximum absolute atomic E-state index is 4.62. The highest BCUT2D eigenvalue weighted by Crippen LogP contribution is 2.33. The van der Waals surface area contributed by atoms with E-state index in [2.05, 4.69) is 47.5 Å². The number of nitrogens with zero attached hydrogens (tertiary/aromatic N) is 4. The zero-order chi connectivity index (χ0) is 15.0. The molecular weight excluding hydrogens is 260 g/mol. The van der Waals surface area contributed by atoms with Gasteiger partial charge in [-0.15, -0.1) is 0 Å². The van der Waals surface area contributed by atoms with Crippen molar-refractivity contribution in [1.82, 2.24) is 14.9 Å². The van der Waals surface area contributed by atoms with Crippen LogP contribution in [0.5, 0.6) is 0 Å². The van der Waals surface area contributed by atoms with Gasteiger partial charge in [-0.2, -0.15) is 0 Å². The molecule has 0 saturated carbocycles. The molecule has 0 N–H and O–H groups in total. The third-order valence-electron chi connectivity index (χ3n) is 4.88. The van der Waals surface area contributed by atoms with Gasteiger partial charge in [0.15, 0.2) is 0 Å². The van der Waals surface area contributed by atoms with Crippen molar-refractivity contribution in [3.8, 4) is 0 Å². The Bertz CT molecular complexity index is 479. The summed E-state index contributed by atoms with van der Waals surface area (Å²) in [5, 5.41) is 0. The van der Waals surface area contributed by atoms with Crippen LogP contribution in [0.15, 0.2) is 6.07 Å². The van der Waals surface area contributed by atoms with Crippen molar-refractivity contribution in [2.24, 2.45) is 11.8 Å². The molecule has 0 bridgehead atoms. The molecule has 1 aromatic rings. The van der Waals surface area contributed by atoms with E-state index in [1.54, 1.807) is 0 Å². The van der Waals surface area contributed by atoms with Crippen molar-refractivity contribution in [3.05, 3.63) is 17.5 Å². The van der Waals surface area contributed by atoms with Gasteiger partial charge in [-0.3, -0.25) is 4.90 Å². The summed E-state index contributed by atoms with van der Waals surface area (Å²) < 4.78 is 0. The highest BCUT2D eigenvalue weighted by atomic mass is 15.3. The van der Waals surface area contributed by atoms with Crippen LogP contribution in [0.25, 0.3) is 0 Å². The first-order valence-corrected chi connectivity index (χ1v) is 8.34. The number of hydrogen-bond donors (Lipinski definition) is 0. The van der Waals surface area contributed by atoms with E-state index in [9.17, 15) is 0 Å². The van der Waals surface area contributed by atoms with Crippen LogP contribution in [-0.4, -0.2) is 47.1 Å². The van der Waals surface area contributed by atoms with Crippen LogP contribution in [0, 0.1) is 25.7 Å². The van der Waals surface area contributed by atoms with E-state index in [4.69, 9.17) is 0 Å². The normalized spacial score (nSPS) is 25.9. The highest BCUT2D eigenvalue weighted by Gasteiger charge is 2.42. The number of piperidine rings is 1. The average molecular weight is 288 g/mol. The molecule has 0 spiro atoms. The van der Waals surface area contributed by atoms with Crippen LogP contribution >= 0.6 is 0 Å². The standard InChI is InChI=1S/C17H28N4/c1-12(2)5-7-20-10-15-11-21(8-6-16(15)20)17-18-13(3)9-14(4)19-17/h9,12,15-16H,5-8,10-11H2,1-4H3. The molecule has 2 aliphatic rings. The summed E-state index contributed by atoms with van der Waals surface area (Å²) in [5.74, 6) is 2.56. The van der Waals surface area contributed by atoms with E-state index < -0.39 is 0 Å². The third-order valence-corrected chi connectivity index (χ3v) is 4.88. The number of likely N-dealkylation sites (tertiary alicyclic amines) is 1. The number of aromatic nitrogens is 2. The summed E-state index contributed by atoms with van der Waals surface area (Å²) in [5.41, 5.74) is 2.15. The first kappa shape index (κ1) is 14.8. The second-order valence-corrected chi connectivity index (χ2v) is 7.19. The zero-order valence-corrected chi connectivity index (χ0v) is 13.8. The van der Waals surface area contributed by atoms with Crippen molar-refractivity contribution < 1.29 is 0 Å².